The van der Waals surface area contributed by atoms with Crippen molar-refractivity contribution < 1.29 is 0 Å². The number of aryl methyl sites for hydroxylation is 1. The van der Waals surface area contributed by atoms with Crippen LogP contribution >= 0.6 is 11.3 Å². The van der Waals surface area contributed by atoms with Gasteiger partial charge in [0.05, 0.1) is 11.4 Å². The van der Waals surface area contributed by atoms with E-state index < -0.39 is 0 Å². The summed E-state index contributed by atoms with van der Waals surface area (Å²) in [5.74, 6) is 1.04. The quantitative estimate of drug-likeness (QED) is 0.780. The Labute approximate surface area is 143 Å². The number of nitrogens with zero attached hydrogens (tertiary/aromatic N) is 4. The third kappa shape index (κ3) is 2.51. The molecule has 0 radical (unpaired) electrons. The molecular weight excluding hydrogens is 318 g/mol. The van der Waals surface area contributed by atoms with Gasteiger partial charge in [-0.15, -0.1) is 11.3 Å². The third-order valence-corrected chi connectivity index (χ3v) is 4.79. The van der Waals surface area contributed by atoms with Crippen molar-refractivity contribution in [1.29, 1.82) is 0 Å². The van der Waals surface area contributed by atoms with Crippen LogP contribution in [0.5, 0.6) is 0 Å². The van der Waals surface area contributed by atoms with Crippen molar-refractivity contribution in [3.8, 4) is 0 Å². The molecule has 1 unspecified atom stereocenters. The van der Waals surface area contributed by atoms with Crippen molar-refractivity contribution in [2.75, 3.05) is 0 Å². The average Bonchev–Trinajstić information content (AvgIpc) is 3.07. The molecule has 1 atom stereocenters. The van der Waals surface area contributed by atoms with E-state index >= 15 is 0 Å². The fourth-order valence-electron chi connectivity index (χ4n) is 2.72. The molecule has 1 aliphatic rings. The van der Waals surface area contributed by atoms with Crippen molar-refractivity contribution in [2.24, 2.45) is 15.7 Å². The Morgan fingerprint density at radius 1 is 1.04 bits per heavy atom. The van der Waals surface area contributed by atoms with E-state index in [9.17, 15) is 0 Å². The summed E-state index contributed by atoms with van der Waals surface area (Å²) in [5.41, 5.74) is 9.77. The number of aromatic nitrogens is 2. The predicted molar refractivity (Wildman–Crippen MR) is 97.2 cm³/mol. The molecule has 4 heterocycles. The topological polar surface area (TPSA) is 76.5 Å². The van der Waals surface area contributed by atoms with E-state index in [2.05, 4.69) is 15.0 Å². The monoisotopic (exact) mass is 333 g/mol. The number of thiophene rings is 1. The Bertz CT molecular complexity index is 929. The maximum atomic E-state index is 6.26. The van der Waals surface area contributed by atoms with Gasteiger partial charge in [-0.05, 0) is 42.1 Å². The minimum absolute atomic E-state index is 0.324. The van der Waals surface area contributed by atoms with Crippen LogP contribution in [0.2, 0.25) is 0 Å². The zero-order valence-electron chi connectivity index (χ0n) is 13.0. The fraction of sp³-hybridized carbons (Fsp3) is 0.111. The zero-order chi connectivity index (χ0) is 16.5. The van der Waals surface area contributed by atoms with Gasteiger partial charge in [-0.1, -0.05) is 12.1 Å². The number of aliphatic imine (C=N–C) groups is 2. The molecule has 0 bridgehead atoms. The van der Waals surface area contributed by atoms with Gasteiger partial charge < -0.3 is 5.73 Å². The molecule has 24 heavy (non-hydrogen) atoms. The summed E-state index contributed by atoms with van der Waals surface area (Å²) in [6, 6.07) is 11.4. The molecule has 6 heteroatoms. The first-order valence-corrected chi connectivity index (χ1v) is 8.44. The van der Waals surface area contributed by atoms with Gasteiger partial charge in [0, 0.05) is 22.8 Å². The maximum Gasteiger partial charge on any atom is 0.163 e. The highest BCUT2D eigenvalue weighted by molar-refractivity contribution is 7.10. The molecule has 0 aliphatic carbocycles. The SMILES string of the molecule is Cc1ccnc2c1C(c1ccccn1)=NC(c1cccs1)C(N)=N2. The van der Waals surface area contributed by atoms with Crippen molar-refractivity contribution >= 4 is 28.7 Å². The summed E-state index contributed by atoms with van der Waals surface area (Å²) in [4.78, 5) is 19.4. The Morgan fingerprint density at radius 3 is 2.71 bits per heavy atom. The van der Waals surface area contributed by atoms with Gasteiger partial charge in [0.25, 0.3) is 0 Å². The Hall–Kier alpha value is -2.86. The number of rotatable bonds is 2. The first kappa shape index (κ1) is 14.7. The maximum absolute atomic E-state index is 6.26. The van der Waals surface area contributed by atoms with Crippen LogP contribution in [0.1, 0.15) is 27.7 Å². The van der Waals surface area contributed by atoms with Crippen LogP contribution in [0, 0.1) is 6.92 Å². The molecule has 4 rings (SSSR count). The van der Waals surface area contributed by atoms with E-state index in [1.54, 1.807) is 23.7 Å². The number of fused-ring (bicyclic) bond motifs is 1. The van der Waals surface area contributed by atoms with Crippen LogP contribution in [0.3, 0.4) is 0 Å². The van der Waals surface area contributed by atoms with Gasteiger partial charge in [-0.25, -0.2) is 9.98 Å². The number of hydrogen-bond acceptors (Lipinski definition) is 6. The lowest BCUT2D eigenvalue weighted by Gasteiger charge is -2.12. The molecule has 1 aliphatic heterocycles. The number of amidine groups is 1. The standard InChI is InChI=1S/C18H15N5S/c1-11-7-9-21-18-14(11)15(12-5-2-3-8-20-12)22-16(17(19)23-18)13-6-4-10-24-13/h2-10,16H,1H3,(H2,19,21,23). The van der Waals surface area contributed by atoms with E-state index in [0.29, 0.717) is 11.7 Å². The molecule has 0 amide bonds. The summed E-state index contributed by atoms with van der Waals surface area (Å²) in [6.45, 7) is 2.02. The van der Waals surface area contributed by atoms with Crippen LogP contribution in [-0.2, 0) is 0 Å². The van der Waals surface area contributed by atoms with Gasteiger partial charge in [-0.2, -0.15) is 0 Å². The molecule has 3 aromatic heterocycles. The Morgan fingerprint density at radius 2 is 1.96 bits per heavy atom. The van der Waals surface area contributed by atoms with E-state index in [4.69, 9.17) is 10.7 Å². The largest absolute Gasteiger partial charge is 0.385 e. The minimum Gasteiger partial charge on any atom is -0.385 e. The molecule has 5 nitrogen and oxygen atoms in total. The second-order valence-corrected chi connectivity index (χ2v) is 6.45. The number of pyridine rings is 2. The summed E-state index contributed by atoms with van der Waals surface area (Å²) in [6.07, 6.45) is 3.50. The third-order valence-electron chi connectivity index (χ3n) is 3.87. The van der Waals surface area contributed by atoms with Crippen molar-refractivity contribution in [3.63, 3.8) is 0 Å². The van der Waals surface area contributed by atoms with Crippen molar-refractivity contribution in [3.05, 3.63) is 75.9 Å². The molecule has 0 fully saturated rings. The zero-order valence-corrected chi connectivity index (χ0v) is 13.9. The van der Waals surface area contributed by atoms with Gasteiger partial charge in [0.1, 0.15) is 11.9 Å². The van der Waals surface area contributed by atoms with Crippen LogP contribution in [0.25, 0.3) is 0 Å². The molecule has 118 valence electrons. The second kappa shape index (κ2) is 5.98. The lowest BCUT2D eigenvalue weighted by atomic mass is 10.0. The van der Waals surface area contributed by atoms with E-state index in [-0.39, 0.29) is 6.04 Å². The van der Waals surface area contributed by atoms with Crippen LogP contribution < -0.4 is 5.73 Å². The Balaban J connectivity index is 1.99. The van der Waals surface area contributed by atoms with Crippen molar-refractivity contribution in [2.45, 2.75) is 13.0 Å². The first-order chi connectivity index (χ1) is 11.7. The van der Waals surface area contributed by atoms with E-state index in [0.717, 1.165) is 27.4 Å². The first-order valence-electron chi connectivity index (χ1n) is 7.56. The second-order valence-electron chi connectivity index (χ2n) is 5.47. The molecule has 0 aromatic carbocycles. The van der Waals surface area contributed by atoms with Crippen LogP contribution in [-0.4, -0.2) is 21.5 Å². The fourth-order valence-corrected chi connectivity index (χ4v) is 3.49. The predicted octanol–water partition coefficient (Wildman–Crippen LogP) is 3.43. The van der Waals surface area contributed by atoms with Crippen molar-refractivity contribution in [1.82, 2.24) is 9.97 Å². The van der Waals surface area contributed by atoms with Gasteiger partial charge in [-0.3, -0.25) is 9.98 Å². The summed E-state index contributed by atoms with van der Waals surface area (Å²) < 4.78 is 0. The molecule has 0 saturated carbocycles. The lowest BCUT2D eigenvalue weighted by Crippen LogP contribution is -2.20. The molecule has 2 N–H and O–H groups in total. The highest BCUT2D eigenvalue weighted by Crippen LogP contribution is 2.32. The van der Waals surface area contributed by atoms with Crippen LogP contribution in [0.4, 0.5) is 5.82 Å². The molecule has 0 spiro atoms. The van der Waals surface area contributed by atoms with Gasteiger partial charge in [0.15, 0.2) is 5.82 Å². The molecular formula is C18H15N5S. The molecule has 3 aromatic rings. The number of hydrogen-bond donors (Lipinski definition) is 1. The van der Waals surface area contributed by atoms with Gasteiger partial charge >= 0.3 is 0 Å². The molecule has 0 saturated heterocycles. The van der Waals surface area contributed by atoms with E-state index in [1.165, 1.54) is 0 Å². The normalized spacial score (nSPS) is 16.8. The summed E-state index contributed by atoms with van der Waals surface area (Å²) in [7, 11) is 0. The minimum atomic E-state index is -0.324. The van der Waals surface area contributed by atoms with E-state index in [1.807, 2.05) is 48.7 Å². The number of nitrogens with two attached hydrogens (primary N) is 1. The Kier molecular flexibility index (Phi) is 3.66. The lowest BCUT2D eigenvalue weighted by molar-refractivity contribution is 0.975. The summed E-state index contributed by atoms with van der Waals surface area (Å²) in [5, 5.41) is 2.01. The smallest absolute Gasteiger partial charge is 0.163 e. The van der Waals surface area contributed by atoms with Crippen LogP contribution in [0.15, 0.2) is 64.2 Å². The average molecular weight is 333 g/mol. The van der Waals surface area contributed by atoms with Gasteiger partial charge in [0.2, 0.25) is 0 Å². The summed E-state index contributed by atoms with van der Waals surface area (Å²) >= 11 is 1.61. The highest BCUT2D eigenvalue weighted by atomic mass is 32.1. The highest BCUT2D eigenvalue weighted by Gasteiger charge is 2.26.